The van der Waals surface area contributed by atoms with Crippen LogP contribution in [-0.2, 0) is 6.61 Å². The van der Waals surface area contributed by atoms with Gasteiger partial charge in [0.1, 0.15) is 5.01 Å². The maximum absolute atomic E-state index is 10.9. The molecule has 0 aliphatic carbocycles. The van der Waals surface area contributed by atoms with Crippen LogP contribution in [0.4, 0.5) is 0 Å². The summed E-state index contributed by atoms with van der Waals surface area (Å²) in [4.78, 5) is 16.3. The van der Waals surface area contributed by atoms with Crippen molar-refractivity contribution in [3.63, 3.8) is 0 Å². The van der Waals surface area contributed by atoms with E-state index in [1.54, 1.807) is 24.3 Å². The Bertz CT molecular complexity index is 546. The number of aromatic nitrogens is 1. The molecule has 88 valence electrons. The zero-order valence-corrected chi connectivity index (χ0v) is 10.1. The first-order valence-corrected chi connectivity index (χ1v) is 5.91. The molecule has 0 saturated carbocycles. The Labute approximate surface area is 103 Å². The summed E-state index contributed by atoms with van der Waals surface area (Å²) in [7, 11) is 0. The van der Waals surface area contributed by atoms with Gasteiger partial charge in [-0.1, -0.05) is 12.1 Å². The predicted molar refractivity (Wildman–Crippen MR) is 66.7 cm³/mol. The molecule has 4 nitrogen and oxygen atoms in total. The van der Waals surface area contributed by atoms with Gasteiger partial charge in [0.25, 0.3) is 0 Å². The summed E-state index contributed by atoms with van der Waals surface area (Å²) in [5, 5.41) is 9.91. The molecule has 0 aliphatic rings. The molecule has 0 radical (unpaired) electrons. The minimum absolute atomic E-state index is 0.0539. The fraction of sp³-hybridized carbons (Fsp3) is 0.167. The Hall–Kier alpha value is -1.72. The van der Waals surface area contributed by atoms with Crippen LogP contribution in [0.1, 0.15) is 20.9 Å². The largest absolute Gasteiger partial charge is 0.390 e. The van der Waals surface area contributed by atoms with Gasteiger partial charge in [-0.3, -0.25) is 4.79 Å². The number of hydrogen-bond donors (Lipinski definition) is 2. The molecule has 5 heteroatoms. The number of aryl methyl sites for hydroxylation is 1. The van der Waals surface area contributed by atoms with Crippen LogP contribution in [0.5, 0.6) is 0 Å². The van der Waals surface area contributed by atoms with E-state index in [0.29, 0.717) is 11.3 Å². The number of benzene rings is 1. The van der Waals surface area contributed by atoms with E-state index in [0.717, 1.165) is 15.4 Å². The summed E-state index contributed by atoms with van der Waals surface area (Å²) in [6.07, 6.45) is 0. The molecule has 0 unspecified atom stereocenters. The molecule has 17 heavy (non-hydrogen) atoms. The van der Waals surface area contributed by atoms with Crippen LogP contribution in [0.25, 0.3) is 10.6 Å². The van der Waals surface area contributed by atoms with Crippen molar-refractivity contribution in [1.29, 1.82) is 0 Å². The Balaban J connectivity index is 2.36. The van der Waals surface area contributed by atoms with Gasteiger partial charge < -0.3 is 10.8 Å². The molecule has 1 heterocycles. The summed E-state index contributed by atoms with van der Waals surface area (Å²) in [5.74, 6) is -0.442. The van der Waals surface area contributed by atoms with Crippen LogP contribution in [0.2, 0.25) is 0 Å². The highest BCUT2D eigenvalue weighted by atomic mass is 32.1. The number of nitrogens with zero attached hydrogens (tertiary/aromatic N) is 1. The second kappa shape index (κ2) is 4.65. The van der Waals surface area contributed by atoms with Gasteiger partial charge in [-0.15, -0.1) is 11.3 Å². The number of thiazole rings is 1. The van der Waals surface area contributed by atoms with Crippen molar-refractivity contribution < 1.29 is 9.90 Å². The molecule has 0 spiro atoms. The fourth-order valence-electron chi connectivity index (χ4n) is 1.48. The van der Waals surface area contributed by atoms with Crippen molar-refractivity contribution in [2.24, 2.45) is 5.73 Å². The minimum atomic E-state index is -0.442. The molecule has 0 bridgehead atoms. The van der Waals surface area contributed by atoms with Gasteiger partial charge in [0.05, 0.1) is 12.3 Å². The zero-order chi connectivity index (χ0) is 12.4. The normalized spacial score (nSPS) is 10.5. The molecule has 1 aromatic carbocycles. The number of carbonyl (C=O) groups excluding carboxylic acids is 1. The summed E-state index contributed by atoms with van der Waals surface area (Å²) in [6.45, 7) is 1.87. The Morgan fingerprint density at radius 1 is 1.41 bits per heavy atom. The Kier molecular flexibility index (Phi) is 3.21. The van der Waals surface area contributed by atoms with Crippen molar-refractivity contribution in [3.8, 4) is 10.6 Å². The molecule has 0 aliphatic heterocycles. The van der Waals surface area contributed by atoms with Crippen LogP contribution >= 0.6 is 11.3 Å². The second-order valence-electron chi connectivity index (χ2n) is 3.62. The van der Waals surface area contributed by atoms with E-state index in [4.69, 9.17) is 10.8 Å². The van der Waals surface area contributed by atoms with E-state index in [2.05, 4.69) is 4.98 Å². The molecule has 0 saturated heterocycles. The summed E-state index contributed by atoms with van der Waals surface area (Å²) in [6, 6.07) is 6.96. The number of nitrogens with two attached hydrogens (primary N) is 1. The summed E-state index contributed by atoms with van der Waals surface area (Å²) < 4.78 is 0. The topological polar surface area (TPSA) is 76.2 Å². The fourth-order valence-corrected chi connectivity index (χ4v) is 2.40. The monoisotopic (exact) mass is 248 g/mol. The number of aliphatic hydroxyl groups excluding tert-OH is 1. The number of aliphatic hydroxyl groups is 1. The van der Waals surface area contributed by atoms with E-state index >= 15 is 0 Å². The smallest absolute Gasteiger partial charge is 0.248 e. The molecule has 2 aromatic rings. The summed E-state index contributed by atoms with van der Waals surface area (Å²) in [5.41, 5.74) is 7.26. The third kappa shape index (κ3) is 2.35. The van der Waals surface area contributed by atoms with E-state index in [1.807, 2.05) is 6.92 Å². The van der Waals surface area contributed by atoms with E-state index in [-0.39, 0.29) is 6.61 Å². The van der Waals surface area contributed by atoms with Gasteiger partial charge >= 0.3 is 0 Å². The first-order valence-electron chi connectivity index (χ1n) is 5.09. The highest BCUT2D eigenvalue weighted by Crippen LogP contribution is 2.27. The molecule has 3 N–H and O–H groups in total. The summed E-state index contributed by atoms with van der Waals surface area (Å²) >= 11 is 1.52. The van der Waals surface area contributed by atoms with Crippen LogP contribution in [0.15, 0.2) is 24.3 Å². The van der Waals surface area contributed by atoms with E-state index in [9.17, 15) is 4.79 Å². The third-order valence-corrected chi connectivity index (χ3v) is 3.52. The Morgan fingerprint density at radius 2 is 2.06 bits per heavy atom. The quantitative estimate of drug-likeness (QED) is 0.868. The highest BCUT2D eigenvalue weighted by molar-refractivity contribution is 7.15. The first kappa shape index (κ1) is 11.8. The van der Waals surface area contributed by atoms with Crippen LogP contribution in [-0.4, -0.2) is 16.0 Å². The number of rotatable bonds is 3. The van der Waals surface area contributed by atoms with Crippen molar-refractivity contribution >= 4 is 17.2 Å². The lowest BCUT2D eigenvalue weighted by molar-refractivity contribution is 0.100. The van der Waals surface area contributed by atoms with E-state index < -0.39 is 5.91 Å². The lowest BCUT2D eigenvalue weighted by Crippen LogP contribution is -2.10. The van der Waals surface area contributed by atoms with Gasteiger partial charge in [-0.05, 0) is 19.1 Å². The van der Waals surface area contributed by atoms with Gasteiger partial charge in [0, 0.05) is 16.0 Å². The number of carbonyl (C=O) groups is 1. The van der Waals surface area contributed by atoms with Crippen molar-refractivity contribution in [2.45, 2.75) is 13.5 Å². The number of amides is 1. The lowest BCUT2D eigenvalue weighted by atomic mass is 10.1. The zero-order valence-electron chi connectivity index (χ0n) is 9.30. The minimum Gasteiger partial charge on any atom is -0.390 e. The molecule has 0 atom stereocenters. The molecular formula is C12H12N2O2S. The van der Waals surface area contributed by atoms with Gasteiger partial charge in [-0.2, -0.15) is 0 Å². The molecule has 2 rings (SSSR count). The van der Waals surface area contributed by atoms with Crippen molar-refractivity contribution in [2.75, 3.05) is 0 Å². The maximum atomic E-state index is 10.9. The van der Waals surface area contributed by atoms with Gasteiger partial charge in [0.2, 0.25) is 5.91 Å². The van der Waals surface area contributed by atoms with Crippen LogP contribution in [0, 0.1) is 6.92 Å². The average molecular weight is 248 g/mol. The molecule has 0 fully saturated rings. The third-order valence-electron chi connectivity index (χ3n) is 2.46. The SMILES string of the molecule is Cc1sc(-c2ccc(C(N)=O)cc2)nc1CO. The van der Waals surface area contributed by atoms with Crippen molar-refractivity contribution in [3.05, 3.63) is 40.4 Å². The molecule has 1 aromatic heterocycles. The average Bonchev–Trinajstić information content (AvgIpc) is 2.70. The van der Waals surface area contributed by atoms with Gasteiger partial charge in [0.15, 0.2) is 0 Å². The Morgan fingerprint density at radius 3 is 2.53 bits per heavy atom. The maximum Gasteiger partial charge on any atom is 0.248 e. The number of primary amides is 1. The first-order chi connectivity index (χ1) is 8.11. The molecular weight excluding hydrogens is 236 g/mol. The van der Waals surface area contributed by atoms with Crippen molar-refractivity contribution in [1.82, 2.24) is 4.98 Å². The second-order valence-corrected chi connectivity index (χ2v) is 4.82. The number of hydrogen-bond acceptors (Lipinski definition) is 4. The van der Waals surface area contributed by atoms with Gasteiger partial charge in [-0.25, -0.2) is 4.98 Å². The van der Waals surface area contributed by atoms with Crippen LogP contribution < -0.4 is 5.73 Å². The highest BCUT2D eigenvalue weighted by Gasteiger charge is 2.09. The lowest BCUT2D eigenvalue weighted by Gasteiger charge is -1.98. The standard InChI is InChI=1S/C12H12N2O2S/c1-7-10(6-15)14-12(17-7)9-4-2-8(3-5-9)11(13)16/h2-5,15H,6H2,1H3,(H2,13,16). The predicted octanol–water partition coefficient (Wildman–Crippen LogP) is 1.71. The van der Waals surface area contributed by atoms with Crippen LogP contribution in [0.3, 0.4) is 0 Å². The molecule has 1 amide bonds. The van der Waals surface area contributed by atoms with E-state index in [1.165, 1.54) is 11.3 Å².